The van der Waals surface area contributed by atoms with Gasteiger partial charge in [0.15, 0.2) is 0 Å². The molecule has 0 bridgehead atoms. The molecule has 6 heteroatoms. The number of carbonyl (C=O) groups excluding carboxylic acids is 1. The van der Waals surface area contributed by atoms with Crippen LogP contribution in [0.1, 0.15) is 26.7 Å². The van der Waals surface area contributed by atoms with Gasteiger partial charge in [0.2, 0.25) is 5.91 Å². The standard InChI is InChI=1S/C15H27N5O/c1-3-19-9-5-14(6-10-19)18-15(21)11-16-13(2)12-20-8-4-7-17-20/h4,7-8,13-14,16H,3,5-6,9-12H2,1-2H3,(H,18,21). The molecule has 1 aromatic rings. The van der Waals surface area contributed by atoms with Gasteiger partial charge in [0, 0.05) is 37.6 Å². The third kappa shape index (κ3) is 5.47. The molecular formula is C15H27N5O. The van der Waals surface area contributed by atoms with E-state index in [-0.39, 0.29) is 11.9 Å². The van der Waals surface area contributed by atoms with E-state index in [2.05, 4.69) is 34.5 Å². The Morgan fingerprint density at radius 2 is 2.19 bits per heavy atom. The normalized spacial score (nSPS) is 18.6. The molecule has 118 valence electrons. The van der Waals surface area contributed by atoms with Gasteiger partial charge in [0.1, 0.15) is 0 Å². The summed E-state index contributed by atoms with van der Waals surface area (Å²) in [5, 5.41) is 10.5. The molecule has 2 heterocycles. The summed E-state index contributed by atoms with van der Waals surface area (Å²) in [5.74, 6) is 0.0947. The molecular weight excluding hydrogens is 266 g/mol. The van der Waals surface area contributed by atoms with Gasteiger partial charge in [-0.25, -0.2) is 0 Å². The predicted octanol–water partition coefficient (Wildman–Crippen LogP) is 0.462. The maximum atomic E-state index is 12.0. The van der Waals surface area contributed by atoms with E-state index in [1.165, 1.54) is 0 Å². The highest BCUT2D eigenvalue weighted by atomic mass is 16.2. The van der Waals surface area contributed by atoms with Gasteiger partial charge < -0.3 is 15.5 Å². The number of likely N-dealkylation sites (tertiary alicyclic amines) is 1. The van der Waals surface area contributed by atoms with Crippen molar-refractivity contribution >= 4 is 5.91 Å². The van der Waals surface area contributed by atoms with Gasteiger partial charge in [-0.15, -0.1) is 0 Å². The second kappa shape index (κ2) is 8.14. The fourth-order valence-electron chi connectivity index (χ4n) is 2.69. The lowest BCUT2D eigenvalue weighted by Gasteiger charge is -2.31. The first-order valence-corrected chi connectivity index (χ1v) is 7.90. The van der Waals surface area contributed by atoms with Crippen LogP contribution in [0.25, 0.3) is 0 Å². The lowest BCUT2D eigenvalue weighted by Crippen LogP contribution is -2.47. The maximum absolute atomic E-state index is 12.0. The summed E-state index contributed by atoms with van der Waals surface area (Å²) in [7, 11) is 0. The minimum absolute atomic E-state index is 0.0947. The van der Waals surface area contributed by atoms with Crippen molar-refractivity contribution in [1.29, 1.82) is 0 Å². The molecule has 2 N–H and O–H groups in total. The summed E-state index contributed by atoms with van der Waals surface area (Å²) in [5.41, 5.74) is 0. The van der Waals surface area contributed by atoms with E-state index in [9.17, 15) is 4.79 Å². The minimum atomic E-state index is 0.0947. The first-order valence-electron chi connectivity index (χ1n) is 7.90. The molecule has 0 aliphatic carbocycles. The third-order valence-corrected chi connectivity index (χ3v) is 4.03. The van der Waals surface area contributed by atoms with Crippen molar-refractivity contribution in [3.8, 4) is 0 Å². The molecule has 0 spiro atoms. The van der Waals surface area contributed by atoms with Gasteiger partial charge in [-0.2, -0.15) is 5.10 Å². The Morgan fingerprint density at radius 1 is 1.43 bits per heavy atom. The van der Waals surface area contributed by atoms with E-state index in [1.807, 2.05) is 16.9 Å². The van der Waals surface area contributed by atoms with Crippen molar-refractivity contribution in [3.05, 3.63) is 18.5 Å². The number of aromatic nitrogens is 2. The third-order valence-electron chi connectivity index (χ3n) is 4.03. The fraction of sp³-hybridized carbons (Fsp3) is 0.733. The summed E-state index contributed by atoms with van der Waals surface area (Å²) >= 11 is 0. The van der Waals surface area contributed by atoms with Crippen LogP contribution >= 0.6 is 0 Å². The number of nitrogens with one attached hydrogen (secondary N) is 2. The molecule has 1 saturated heterocycles. The number of nitrogens with zero attached hydrogens (tertiary/aromatic N) is 3. The van der Waals surface area contributed by atoms with Crippen molar-refractivity contribution in [2.24, 2.45) is 0 Å². The largest absolute Gasteiger partial charge is 0.352 e. The molecule has 21 heavy (non-hydrogen) atoms. The summed E-state index contributed by atoms with van der Waals surface area (Å²) in [6, 6.07) is 2.46. The molecule has 2 rings (SSSR count). The molecule has 0 saturated carbocycles. The SMILES string of the molecule is CCN1CCC(NC(=O)CNC(C)Cn2cccn2)CC1. The Kier molecular flexibility index (Phi) is 6.20. The molecule has 0 aromatic carbocycles. The number of carbonyl (C=O) groups is 1. The summed E-state index contributed by atoms with van der Waals surface area (Å²) in [4.78, 5) is 14.4. The Balaban J connectivity index is 1.61. The van der Waals surface area contributed by atoms with E-state index in [0.29, 0.717) is 12.6 Å². The van der Waals surface area contributed by atoms with Crippen LogP contribution in [0.3, 0.4) is 0 Å². The van der Waals surface area contributed by atoms with Gasteiger partial charge in [-0.3, -0.25) is 9.48 Å². The van der Waals surface area contributed by atoms with Crippen LogP contribution in [0.5, 0.6) is 0 Å². The second-order valence-corrected chi connectivity index (χ2v) is 5.79. The van der Waals surface area contributed by atoms with E-state index in [0.717, 1.165) is 39.0 Å². The quantitative estimate of drug-likeness (QED) is 0.767. The Labute approximate surface area is 126 Å². The lowest BCUT2D eigenvalue weighted by molar-refractivity contribution is -0.121. The lowest BCUT2D eigenvalue weighted by atomic mass is 10.1. The van der Waals surface area contributed by atoms with Gasteiger partial charge in [0.25, 0.3) is 0 Å². The Morgan fingerprint density at radius 3 is 2.81 bits per heavy atom. The Bertz CT molecular complexity index is 412. The molecule has 1 aromatic heterocycles. The minimum Gasteiger partial charge on any atom is -0.352 e. The van der Waals surface area contributed by atoms with Crippen LogP contribution in [-0.4, -0.2) is 58.9 Å². The van der Waals surface area contributed by atoms with Crippen molar-refractivity contribution in [2.45, 2.75) is 45.3 Å². The first kappa shape index (κ1) is 16.0. The number of piperidine rings is 1. The zero-order chi connectivity index (χ0) is 15.1. The zero-order valence-electron chi connectivity index (χ0n) is 13.1. The number of hydrogen-bond acceptors (Lipinski definition) is 4. The molecule has 1 fully saturated rings. The molecule has 6 nitrogen and oxygen atoms in total. The molecule has 1 unspecified atom stereocenters. The average molecular weight is 293 g/mol. The highest BCUT2D eigenvalue weighted by molar-refractivity contribution is 5.78. The van der Waals surface area contributed by atoms with Gasteiger partial charge in [0.05, 0.1) is 13.1 Å². The van der Waals surface area contributed by atoms with Crippen LogP contribution in [0.4, 0.5) is 0 Å². The smallest absolute Gasteiger partial charge is 0.234 e. The predicted molar refractivity (Wildman–Crippen MR) is 83.0 cm³/mol. The van der Waals surface area contributed by atoms with Gasteiger partial charge in [-0.1, -0.05) is 6.92 Å². The van der Waals surface area contributed by atoms with Crippen LogP contribution in [0.15, 0.2) is 18.5 Å². The van der Waals surface area contributed by atoms with Gasteiger partial charge >= 0.3 is 0 Å². The molecule has 1 atom stereocenters. The van der Waals surface area contributed by atoms with Gasteiger partial charge in [-0.05, 0) is 32.4 Å². The van der Waals surface area contributed by atoms with E-state index < -0.39 is 0 Å². The number of rotatable bonds is 7. The summed E-state index contributed by atoms with van der Waals surface area (Å²) in [6.07, 6.45) is 5.81. The summed E-state index contributed by atoms with van der Waals surface area (Å²) < 4.78 is 1.87. The van der Waals surface area contributed by atoms with Crippen molar-refractivity contribution in [1.82, 2.24) is 25.3 Å². The zero-order valence-corrected chi connectivity index (χ0v) is 13.1. The summed E-state index contributed by atoms with van der Waals surface area (Å²) in [6.45, 7) is 8.67. The van der Waals surface area contributed by atoms with E-state index in [4.69, 9.17) is 0 Å². The highest BCUT2D eigenvalue weighted by Gasteiger charge is 2.19. The fourth-order valence-corrected chi connectivity index (χ4v) is 2.69. The number of amides is 1. The van der Waals surface area contributed by atoms with Crippen molar-refractivity contribution in [3.63, 3.8) is 0 Å². The molecule has 1 aliphatic heterocycles. The van der Waals surface area contributed by atoms with Crippen LogP contribution < -0.4 is 10.6 Å². The maximum Gasteiger partial charge on any atom is 0.234 e. The Hall–Kier alpha value is -1.40. The van der Waals surface area contributed by atoms with E-state index in [1.54, 1.807) is 6.20 Å². The van der Waals surface area contributed by atoms with Crippen LogP contribution in [0.2, 0.25) is 0 Å². The van der Waals surface area contributed by atoms with Crippen molar-refractivity contribution < 1.29 is 4.79 Å². The topological polar surface area (TPSA) is 62.2 Å². The first-order chi connectivity index (χ1) is 10.2. The average Bonchev–Trinajstić information content (AvgIpc) is 2.99. The monoisotopic (exact) mass is 293 g/mol. The second-order valence-electron chi connectivity index (χ2n) is 5.79. The van der Waals surface area contributed by atoms with Crippen LogP contribution in [-0.2, 0) is 11.3 Å². The van der Waals surface area contributed by atoms with E-state index >= 15 is 0 Å². The highest BCUT2D eigenvalue weighted by Crippen LogP contribution is 2.09. The van der Waals surface area contributed by atoms with Crippen LogP contribution in [0, 0.1) is 0 Å². The molecule has 1 amide bonds. The molecule has 0 radical (unpaired) electrons. The number of hydrogen-bond donors (Lipinski definition) is 2. The molecule has 1 aliphatic rings. The van der Waals surface area contributed by atoms with Crippen molar-refractivity contribution in [2.75, 3.05) is 26.2 Å².